The second kappa shape index (κ2) is 8.31. The van der Waals surface area contributed by atoms with Crippen molar-refractivity contribution in [1.82, 2.24) is 4.90 Å². The number of likely N-dealkylation sites (N-methyl/N-ethyl adjacent to an activating group) is 1. The Balaban J connectivity index is 1.66. The van der Waals surface area contributed by atoms with E-state index in [1.807, 2.05) is 12.3 Å². The van der Waals surface area contributed by atoms with Crippen LogP contribution < -0.4 is 5.84 Å². The van der Waals surface area contributed by atoms with Crippen LogP contribution in [0.3, 0.4) is 0 Å². The fourth-order valence-corrected chi connectivity index (χ4v) is 3.25. The van der Waals surface area contributed by atoms with Crippen LogP contribution >= 0.6 is 0 Å². The number of rotatable bonds is 4. The van der Waals surface area contributed by atoms with Crippen LogP contribution in [0.2, 0.25) is 0 Å². The summed E-state index contributed by atoms with van der Waals surface area (Å²) >= 11 is 0. The number of aryl methyl sites for hydroxylation is 1. The van der Waals surface area contributed by atoms with Gasteiger partial charge < -0.3 is 10.7 Å². The van der Waals surface area contributed by atoms with Crippen LogP contribution in [0.5, 0.6) is 0 Å². The highest BCUT2D eigenvalue weighted by Crippen LogP contribution is 2.27. The molecule has 0 radical (unpaired) electrons. The van der Waals surface area contributed by atoms with Gasteiger partial charge in [-0.05, 0) is 63.9 Å². The van der Waals surface area contributed by atoms with Crippen LogP contribution in [0.25, 0.3) is 0 Å². The Morgan fingerprint density at radius 2 is 2.16 bits per heavy atom. The highest BCUT2D eigenvalue weighted by atomic mass is 15.1. The van der Waals surface area contributed by atoms with Crippen molar-refractivity contribution in [3.05, 3.63) is 34.9 Å². The number of hydrogen-bond acceptors (Lipinski definition) is 4. The van der Waals surface area contributed by atoms with E-state index in [1.54, 1.807) is 0 Å². The van der Waals surface area contributed by atoms with Crippen molar-refractivity contribution in [2.24, 2.45) is 21.9 Å². The van der Waals surface area contributed by atoms with Gasteiger partial charge >= 0.3 is 0 Å². The van der Waals surface area contributed by atoms with E-state index in [9.17, 15) is 0 Å². The van der Waals surface area contributed by atoms with Gasteiger partial charge in [-0.1, -0.05) is 24.3 Å². The quantitative estimate of drug-likeness (QED) is 0.398. The van der Waals surface area contributed by atoms with Gasteiger partial charge in [0.2, 0.25) is 0 Å². The summed E-state index contributed by atoms with van der Waals surface area (Å²) in [6, 6.07) is 6.74. The second-order valence-corrected chi connectivity index (χ2v) is 7.21. The summed E-state index contributed by atoms with van der Waals surface area (Å²) in [6.45, 7) is 4.05. The van der Waals surface area contributed by atoms with Crippen molar-refractivity contribution in [1.29, 1.82) is 0 Å². The molecular formula is C21H28N4. The molecule has 0 aromatic heterocycles. The lowest BCUT2D eigenvalue weighted by molar-refractivity contribution is 0.191. The third kappa shape index (κ3) is 4.93. The molecule has 25 heavy (non-hydrogen) atoms. The molecule has 0 amide bonds. The molecule has 0 bridgehead atoms. The molecule has 1 aromatic rings. The summed E-state index contributed by atoms with van der Waals surface area (Å²) in [7, 11) is 2.18. The first-order valence-corrected chi connectivity index (χ1v) is 9.28. The maximum atomic E-state index is 5.62. The van der Waals surface area contributed by atoms with Crippen molar-refractivity contribution in [3.63, 3.8) is 0 Å². The Bertz CT molecular complexity index is 719. The highest BCUT2D eigenvalue weighted by Gasteiger charge is 2.18. The lowest BCUT2D eigenvalue weighted by Crippen LogP contribution is -2.38. The number of aliphatic imine (C=N–C) groups is 1. The molecule has 4 nitrogen and oxygen atoms in total. The Morgan fingerprint density at radius 1 is 1.32 bits per heavy atom. The summed E-state index contributed by atoms with van der Waals surface area (Å²) in [5.74, 6) is 12.8. The number of nitrogens with zero attached hydrogens (tertiary/aromatic N) is 3. The number of hydrogen-bond donors (Lipinski definition) is 1. The molecule has 2 aliphatic rings. The fourth-order valence-electron chi connectivity index (χ4n) is 3.25. The molecule has 2 fully saturated rings. The summed E-state index contributed by atoms with van der Waals surface area (Å²) in [5, 5.41) is 3.95. The first-order valence-electron chi connectivity index (χ1n) is 9.28. The summed E-state index contributed by atoms with van der Waals surface area (Å²) < 4.78 is 0. The third-order valence-electron chi connectivity index (χ3n) is 5.09. The van der Waals surface area contributed by atoms with Crippen LogP contribution in [-0.4, -0.2) is 43.0 Å². The number of piperidine rings is 1. The van der Waals surface area contributed by atoms with Crippen molar-refractivity contribution in [3.8, 4) is 11.8 Å². The van der Waals surface area contributed by atoms with Crippen molar-refractivity contribution >= 4 is 11.9 Å². The number of likely N-dealkylation sites (tertiary alicyclic amines) is 1. The normalized spacial score (nSPS) is 22.0. The van der Waals surface area contributed by atoms with E-state index in [2.05, 4.69) is 52.9 Å². The average molecular weight is 336 g/mol. The smallest absolute Gasteiger partial charge is 0.108 e. The summed E-state index contributed by atoms with van der Waals surface area (Å²) in [6.07, 6.45) is 8.13. The molecule has 1 atom stereocenters. The SMILES string of the molecule is Cc1cc(C#CC2CC2)ccc1/C(C=NCC1CCCCN1C)=N/N. The maximum absolute atomic E-state index is 5.62. The Labute approximate surface area is 151 Å². The molecular weight excluding hydrogens is 308 g/mol. The molecule has 4 heteroatoms. The minimum atomic E-state index is 0.533. The predicted octanol–water partition coefficient (Wildman–Crippen LogP) is 2.97. The van der Waals surface area contributed by atoms with Crippen LogP contribution in [0.4, 0.5) is 0 Å². The van der Waals surface area contributed by atoms with E-state index in [0.717, 1.165) is 28.9 Å². The lowest BCUT2D eigenvalue weighted by atomic mass is 10.0. The van der Waals surface area contributed by atoms with Crippen LogP contribution in [0.15, 0.2) is 28.3 Å². The van der Waals surface area contributed by atoms with E-state index < -0.39 is 0 Å². The Hall–Kier alpha value is -2.12. The zero-order valence-corrected chi connectivity index (χ0v) is 15.3. The Kier molecular flexibility index (Phi) is 5.88. The number of benzene rings is 1. The first-order chi connectivity index (χ1) is 12.2. The van der Waals surface area contributed by atoms with Gasteiger partial charge in [-0.3, -0.25) is 4.99 Å². The summed E-state index contributed by atoms with van der Waals surface area (Å²) in [5.41, 5.74) is 3.95. The van der Waals surface area contributed by atoms with Crippen molar-refractivity contribution in [2.75, 3.05) is 20.1 Å². The van der Waals surface area contributed by atoms with E-state index >= 15 is 0 Å². The minimum Gasteiger partial charge on any atom is -0.323 e. The van der Waals surface area contributed by atoms with E-state index in [-0.39, 0.29) is 0 Å². The van der Waals surface area contributed by atoms with E-state index in [4.69, 9.17) is 5.84 Å². The molecule has 1 saturated carbocycles. The van der Waals surface area contributed by atoms with E-state index in [0.29, 0.717) is 12.0 Å². The fraction of sp³-hybridized carbons (Fsp3) is 0.524. The zero-order valence-electron chi connectivity index (χ0n) is 15.3. The maximum Gasteiger partial charge on any atom is 0.108 e. The number of hydrazone groups is 1. The molecule has 1 aromatic carbocycles. The standard InChI is InChI=1S/C21H28N4/c1-16-13-18(9-8-17-6-7-17)10-11-20(16)21(24-22)15-23-14-19-5-3-4-12-25(19)2/h10-11,13,15,17,19H,3-7,12,14,22H2,1-2H3/b23-15?,24-21+. The van der Waals surface area contributed by atoms with Crippen molar-refractivity contribution < 1.29 is 0 Å². The van der Waals surface area contributed by atoms with Gasteiger partial charge in [-0.2, -0.15) is 5.10 Å². The second-order valence-electron chi connectivity index (χ2n) is 7.21. The lowest BCUT2D eigenvalue weighted by Gasteiger charge is -2.31. The van der Waals surface area contributed by atoms with Crippen LogP contribution in [-0.2, 0) is 0 Å². The minimum absolute atomic E-state index is 0.533. The molecule has 1 unspecified atom stereocenters. The summed E-state index contributed by atoms with van der Waals surface area (Å²) in [4.78, 5) is 7.02. The van der Waals surface area contributed by atoms with Crippen LogP contribution in [0.1, 0.15) is 48.8 Å². The molecule has 1 aliphatic heterocycles. The topological polar surface area (TPSA) is 54.0 Å². The van der Waals surface area contributed by atoms with Gasteiger partial charge in [-0.15, -0.1) is 0 Å². The zero-order chi connectivity index (χ0) is 17.6. The molecule has 3 rings (SSSR count). The molecule has 132 valence electrons. The average Bonchev–Trinajstić information content (AvgIpc) is 3.44. The molecule has 1 aliphatic carbocycles. The van der Waals surface area contributed by atoms with Gasteiger partial charge in [0.05, 0.1) is 6.54 Å². The third-order valence-corrected chi connectivity index (χ3v) is 5.09. The van der Waals surface area contributed by atoms with E-state index in [1.165, 1.54) is 38.6 Å². The van der Waals surface area contributed by atoms with Gasteiger partial charge in [-0.25, -0.2) is 0 Å². The molecule has 0 spiro atoms. The Morgan fingerprint density at radius 3 is 2.84 bits per heavy atom. The van der Waals surface area contributed by atoms with Gasteiger partial charge in [0.25, 0.3) is 0 Å². The molecule has 2 N–H and O–H groups in total. The molecule has 1 heterocycles. The predicted molar refractivity (Wildman–Crippen MR) is 105 cm³/mol. The van der Waals surface area contributed by atoms with Crippen molar-refractivity contribution in [2.45, 2.75) is 45.1 Å². The monoisotopic (exact) mass is 336 g/mol. The van der Waals surface area contributed by atoms with Gasteiger partial charge in [0.1, 0.15) is 5.71 Å². The molecule has 1 saturated heterocycles. The highest BCUT2D eigenvalue weighted by molar-refractivity contribution is 6.38. The number of nitrogens with two attached hydrogens (primary N) is 1. The van der Waals surface area contributed by atoms with Gasteiger partial charge in [0, 0.05) is 29.3 Å². The first kappa shape index (κ1) is 17.7. The van der Waals surface area contributed by atoms with Crippen LogP contribution in [0, 0.1) is 24.7 Å². The largest absolute Gasteiger partial charge is 0.323 e. The van der Waals surface area contributed by atoms with Gasteiger partial charge in [0.15, 0.2) is 0 Å².